The van der Waals surface area contributed by atoms with E-state index in [4.69, 9.17) is 4.42 Å². The van der Waals surface area contributed by atoms with E-state index in [0.717, 1.165) is 16.7 Å². The van der Waals surface area contributed by atoms with E-state index < -0.39 is 10.0 Å². The molecule has 0 aliphatic carbocycles. The van der Waals surface area contributed by atoms with Gasteiger partial charge in [-0.2, -0.15) is 4.31 Å². The highest BCUT2D eigenvalue weighted by Gasteiger charge is 2.32. The summed E-state index contributed by atoms with van der Waals surface area (Å²) in [6.45, 7) is 2.64. The van der Waals surface area contributed by atoms with E-state index in [-0.39, 0.29) is 17.9 Å². The van der Waals surface area contributed by atoms with Crippen LogP contribution in [0, 0.1) is 5.92 Å². The van der Waals surface area contributed by atoms with Crippen molar-refractivity contribution in [2.75, 3.05) is 13.1 Å². The Bertz CT molecular complexity index is 1130. The van der Waals surface area contributed by atoms with Crippen molar-refractivity contribution < 1.29 is 17.6 Å². The zero-order chi connectivity index (χ0) is 21.3. The molecule has 1 amide bonds. The average Bonchev–Trinajstić information content (AvgIpc) is 3.37. The van der Waals surface area contributed by atoms with Crippen LogP contribution in [-0.2, 0) is 28.3 Å². The van der Waals surface area contributed by atoms with Gasteiger partial charge in [-0.05, 0) is 56.2 Å². The van der Waals surface area contributed by atoms with Gasteiger partial charge in [0.15, 0.2) is 0 Å². The van der Waals surface area contributed by atoms with Crippen LogP contribution in [0.4, 0.5) is 0 Å². The summed E-state index contributed by atoms with van der Waals surface area (Å²) in [5, 5.41) is 3.93. The molecule has 1 aliphatic rings. The topological polar surface area (TPSA) is 84.6 Å². The van der Waals surface area contributed by atoms with Crippen LogP contribution in [0.3, 0.4) is 0 Å². The number of fused-ring (bicyclic) bond motifs is 1. The molecular formula is C22H27N3O4S. The minimum atomic E-state index is -3.57. The lowest BCUT2D eigenvalue weighted by molar-refractivity contribution is -0.126. The molecule has 3 aromatic rings. The molecule has 1 atom stereocenters. The lowest BCUT2D eigenvalue weighted by atomic mass is 9.96. The second-order valence-electron chi connectivity index (χ2n) is 8.02. The van der Waals surface area contributed by atoms with Crippen LogP contribution in [0.2, 0.25) is 0 Å². The molecule has 8 heteroatoms. The van der Waals surface area contributed by atoms with Gasteiger partial charge >= 0.3 is 0 Å². The monoisotopic (exact) mass is 429 g/mol. The van der Waals surface area contributed by atoms with Gasteiger partial charge in [0.05, 0.1) is 11.2 Å². The third kappa shape index (κ3) is 4.15. The molecule has 1 unspecified atom stereocenters. The summed E-state index contributed by atoms with van der Waals surface area (Å²) < 4.78 is 34.9. The zero-order valence-electron chi connectivity index (χ0n) is 17.2. The van der Waals surface area contributed by atoms with Gasteiger partial charge in [0, 0.05) is 55.6 Å². The number of sulfonamides is 1. The maximum absolute atomic E-state index is 13.1. The molecule has 7 nitrogen and oxygen atoms in total. The number of furan rings is 1. The van der Waals surface area contributed by atoms with Crippen LogP contribution in [0.1, 0.15) is 25.5 Å². The number of aryl methyl sites for hydroxylation is 1. The maximum Gasteiger partial charge on any atom is 0.243 e. The van der Waals surface area contributed by atoms with E-state index in [2.05, 4.69) is 5.32 Å². The van der Waals surface area contributed by atoms with E-state index in [9.17, 15) is 13.2 Å². The number of nitrogens with zero attached hydrogens (tertiary/aromatic N) is 2. The van der Waals surface area contributed by atoms with E-state index in [1.807, 2.05) is 49.0 Å². The molecular weight excluding hydrogens is 402 g/mol. The number of carbonyl (C=O) groups excluding carboxylic acids is 1. The quantitative estimate of drug-likeness (QED) is 0.653. The van der Waals surface area contributed by atoms with Crippen LogP contribution < -0.4 is 5.32 Å². The number of piperidine rings is 1. The summed E-state index contributed by atoms with van der Waals surface area (Å²) in [5.74, 6) is 0.642. The Morgan fingerprint density at radius 1 is 1.23 bits per heavy atom. The van der Waals surface area contributed by atoms with Gasteiger partial charge < -0.3 is 14.3 Å². The Hall–Kier alpha value is -2.58. The van der Waals surface area contributed by atoms with Crippen LogP contribution in [0.5, 0.6) is 0 Å². The number of carbonyl (C=O) groups is 1. The van der Waals surface area contributed by atoms with Crippen molar-refractivity contribution >= 4 is 26.8 Å². The molecule has 1 N–H and O–H groups in total. The standard InChI is InChI=1S/C22H27N3O4S/c1-16(14-19-4-3-13-29-19)23-22(26)17-8-11-25(12-9-17)30(27,28)20-5-6-21-18(15-20)7-10-24(21)2/h3-7,10,13,15-17H,8-9,11-12,14H2,1-2H3,(H,23,26). The molecule has 0 saturated carbocycles. The van der Waals surface area contributed by atoms with Crippen molar-refractivity contribution in [3.63, 3.8) is 0 Å². The largest absolute Gasteiger partial charge is 0.469 e. The number of nitrogens with one attached hydrogen (secondary N) is 1. The molecule has 1 fully saturated rings. The summed E-state index contributed by atoms with van der Waals surface area (Å²) in [6.07, 6.45) is 5.21. The molecule has 0 radical (unpaired) electrons. The average molecular weight is 430 g/mol. The Kier molecular flexibility index (Phi) is 5.71. The summed E-state index contributed by atoms with van der Waals surface area (Å²) in [7, 11) is -1.64. The number of hydrogen-bond acceptors (Lipinski definition) is 4. The molecule has 160 valence electrons. The highest BCUT2D eigenvalue weighted by Crippen LogP contribution is 2.26. The van der Waals surface area contributed by atoms with Gasteiger partial charge in [-0.1, -0.05) is 0 Å². The normalized spacial score (nSPS) is 17.3. The molecule has 1 saturated heterocycles. The fourth-order valence-corrected chi connectivity index (χ4v) is 5.58. The number of benzene rings is 1. The molecule has 4 rings (SSSR count). The lowest BCUT2D eigenvalue weighted by Gasteiger charge is -2.31. The van der Waals surface area contributed by atoms with Crippen molar-refractivity contribution in [3.05, 3.63) is 54.6 Å². The minimum absolute atomic E-state index is 0.0168. The Morgan fingerprint density at radius 3 is 2.70 bits per heavy atom. The maximum atomic E-state index is 13.1. The number of hydrogen-bond donors (Lipinski definition) is 1. The first kappa shape index (κ1) is 20.7. The Morgan fingerprint density at radius 2 is 2.00 bits per heavy atom. The summed E-state index contributed by atoms with van der Waals surface area (Å²) in [5.41, 5.74) is 0.994. The number of rotatable bonds is 6. The van der Waals surface area contributed by atoms with E-state index in [0.29, 0.717) is 37.2 Å². The zero-order valence-corrected chi connectivity index (χ0v) is 18.1. The van der Waals surface area contributed by atoms with Crippen molar-refractivity contribution in [2.24, 2.45) is 13.0 Å². The van der Waals surface area contributed by atoms with Crippen LogP contribution in [-0.4, -0.2) is 42.3 Å². The summed E-state index contributed by atoms with van der Waals surface area (Å²) in [4.78, 5) is 12.9. The van der Waals surface area contributed by atoms with Crippen molar-refractivity contribution in [1.82, 2.24) is 14.2 Å². The van der Waals surface area contributed by atoms with Crippen LogP contribution in [0.25, 0.3) is 10.9 Å². The lowest BCUT2D eigenvalue weighted by Crippen LogP contribution is -2.45. The van der Waals surface area contributed by atoms with Crippen molar-refractivity contribution in [3.8, 4) is 0 Å². The van der Waals surface area contributed by atoms with Gasteiger partial charge in [-0.3, -0.25) is 4.79 Å². The van der Waals surface area contributed by atoms with Gasteiger partial charge in [0.2, 0.25) is 15.9 Å². The smallest absolute Gasteiger partial charge is 0.243 e. The third-order valence-electron chi connectivity index (χ3n) is 5.80. The molecule has 1 aliphatic heterocycles. The van der Waals surface area contributed by atoms with Gasteiger partial charge in [-0.25, -0.2) is 8.42 Å². The van der Waals surface area contributed by atoms with Gasteiger partial charge in [-0.15, -0.1) is 0 Å². The third-order valence-corrected chi connectivity index (χ3v) is 7.69. The second-order valence-corrected chi connectivity index (χ2v) is 9.96. The van der Waals surface area contributed by atoms with Crippen LogP contribution in [0.15, 0.2) is 58.2 Å². The molecule has 0 bridgehead atoms. The van der Waals surface area contributed by atoms with E-state index in [1.54, 1.807) is 18.4 Å². The fourth-order valence-electron chi connectivity index (χ4n) is 4.07. The predicted octanol–water partition coefficient (Wildman–Crippen LogP) is 2.92. The number of aromatic nitrogens is 1. The first-order valence-corrected chi connectivity index (χ1v) is 11.7. The van der Waals surface area contributed by atoms with Crippen molar-refractivity contribution in [2.45, 2.75) is 37.1 Å². The SMILES string of the molecule is CC(Cc1ccco1)NC(=O)C1CCN(S(=O)(=O)c2ccc3c(ccn3C)c2)CC1. The van der Waals surface area contributed by atoms with E-state index >= 15 is 0 Å². The highest BCUT2D eigenvalue weighted by atomic mass is 32.2. The molecule has 30 heavy (non-hydrogen) atoms. The van der Waals surface area contributed by atoms with Gasteiger partial charge in [0.25, 0.3) is 0 Å². The number of amides is 1. The highest BCUT2D eigenvalue weighted by molar-refractivity contribution is 7.89. The van der Waals surface area contributed by atoms with Crippen LogP contribution >= 0.6 is 0 Å². The first-order chi connectivity index (χ1) is 14.3. The van der Waals surface area contributed by atoms with Gasteiger partial charge in [0.1, 0.15) is 5.76 Å². The fraction of sp³-hybridized carbons (Fsp3) is 0.409. The Labute approximate surface area is 176 Å². The summed E-state index contributed by atoms with van der Waals surface area (Å²) in [6, 6.07) is 10.8. The second kappa shape index (κ2) is 8.28. The first-order valence-electron chi connectivity index (χ1n) is 10.2. The summed E-state index contributed by atoms with van der Waals surface area (Å²) >= 11 is 0. The van der Waals surface area contributed by atoms with Crippen molar-refractivity contribution in [1.29, 1.82) is 0 Å². The van der Waals surface area contributed by atoms with E-state index in [1.165, 1.54) is 4.31 Å². The Balaban J connectivity index is 1.36. The predicted molar refractivity (Wildman–Crippen MR) is 114 cm³/mol. The molecule has 0 spiro atoms. The molecule has 3 heterocycles. The molecule has 2 aromatic heterocycles. The minimum Gasteiger partial charge on any atom is -0.469 e. The molecule has 1 aromatic carbocycles.